The lowest BCUT2D eigenvalue weighted by Crippen LogP contribution is -2.23. The van der Waals surface area contributed by atoms with E-state index < -0.39 is 0 Å². The lowest BCUT2D eigenvalue weighted by atomic mass is 10.0. The van der Waals surface area contributed by atoms with Crippen LogP contribution < -0.4 is 10.1 Å². The molecule has 0 radical (unpaired) electrons. The normalized spacial score (nSPS) is 12.4. The zero-order valence-electron chi connectivity index (χ0n) is 11.2. The van der Waals surface area contributed by atoms with Gasteiger partial charge in [-0.25, -0.2) is 0 Å². The Kier molecular flexibility index (Phi) is 4.88. The van der Waals surface area contributed by atoms with E-state index in [2.05, 4.69) is 18.3 Å². The van der Waals surface area contributed by atoms with Gasteiger partial charge in [0.05, 0.1) is 19.4 Å². The van der Waals surface area contributed by atoms with Gasteiger partial charge >= 0.3 is 0 Å². The van der Waals surface area contributed by atoms with Crippen molar-refractivity contribution in [2.75, 3.05) is 13.7 Å². The summed E-state index contributed by atoms with van der Waals surface area (Å²) in [6, 6.07) is 9.88. The van der Waals surface area contributed by atoms with Gasteiger partial charge in [0.1, 0.15) is 5.75 Å². The minimum absolute atomic E-state index is 0.0151. The van der Waals surface area contributed by atoms with Gasteiger partial charge in [-0.05, 0) is 48.3 Å². The summed E-state index contributed by atoms with van der Waals surface area (Å²) in [5, 5.41) is 3.91. The topological polar surface area (TPSA) is 34.4 Å². The molecule has 0 aliphatic carbocycles. The van der Waals surface area contributed by atoms with Crippen LogP contribution in [0.2, 0.25) is 5.22 Å². The van der Waals surface area contributed by atoms with Gasteiger partial charge in [-0.1, -0.05) is 19.1 Å². The zero-order valence-corrected chi connectivity index (χ0v) is 11.9. The number of rotatable bonds is 6. The van der Waals surface area contributed by atoms with E-state index in [9.17, 15) is 0 Å². The van der Waals surface area contributed by atoms with E-state index in [1.165, 1.54) is 0 Å². The molecule has 4 heteroatoms. The summed E-state index contributed by atoms with van der Waals surface area (Å²) in [4.78, 5) is 0. The van der Waals surface area contributed by atoms with Crippen LogP contribution in [0.3, 0.4) is 0 Å². The van der Waals surface area contributed by atoms with Crippen LogP contribution in [0.4, 0.5) is 0 Å². The fourth-order valence-corrected chi connectivity index (χ4v) is 2.25. The summed E-state index contributed by atoms with van der Waals surface area (Å²) >= 11 is 6.10. The molecule has 2 aromatic rings. The molecule has 0 bridgehead atoms. The average molecular weight is 280 g/mol. The highest BCUT2D eigenvalue weighted by molar-refractivity contribution is 6.29. The van der Waals surface area contributed by atoms with Crippen molar-refractivity contribution in [2.45, 2.75) is 19.4 Å². The van der Waals surface area contributed by atoms with E-state index in [0.29, 0.717) is 5.22 Å². The third-order valence-corrected chi connectivity index (χ3v) is 3.29. The second-order valence-electron chi connectivity index (χ2n) is 4.31. The van der Waals surface area contributed by atoms with Crippen LogP contribution in [0.25, 0.3) is 0 Å². The summed E-state index contributed by atoms with van der Waals surface area (Å²) in [5.41, 5.74) is 2.06. The molecule has 1 N–H and O–H groups in total. The number of nitrogens with one attached hydrogen (secondary N) is 1. The molecule has 102 valence electrons. The highest BCUT2D eigenvalue weighted by Crippen LogP contribution is 2.30. The Labute approximate surface area is 118 Å². The first-order chi connectivity index (χ1) is 9.26. The lowest BCUT2D eigenvalue weighted by molar-refractivity contribution is 0.413. The number of ether oxygens (including phenoxy) is 1. The van der Waals surface area contributed by atoms with Crippen molar-refractivity contribution >= 4 is 11.6 Å². The van der Waals surface area contributed by atoms with E-state index >= 15 is 0 Å². The first-order valence-electron chi connectivity index (χ1n) is 6.36. The molecule has 1 aromatic heterocycles. The van der Waals surface area contributed by atoms with Crippen LogP contribution >= 0.6 is 11.6 Å². The van der Waals surface area contributed by atoms with E-state index in [-0.39, 0.29) is 6.04 Å². The molecule has 19 heavy (non-hydrogen) atoms. The van der Waals surface area contributed by atoms with Gasteiger partial charge in [-0.2, -0.15) is 0 Å². The Balaban J connectivity index is 2.34. The van der Waals surface area contributed by atoms with Crippen LogP contribution in [-0.4, -0.2) is 13.7 Å². The molecule has 0 fully saturated rings. The summed E-state index contributed by atoms with van der Waals surface area (Å²) in [5.74, 6) is 0.834. The molecule has 1 aromatic carbocycles. The molecule has 0 aliphatic rings. The summed E-state index contributed by atoms with van der Waals surface area (Å²) in [6.07, 6.45) is 2.66. The van der Waals surface area contributed by atoms with E-state index in [1.807, 2.05) is 24.3 Å². The highest BCUT2D eigenvalue weighted by atomic mass is 35.5. The predicted octanol–water partition coefficient (Wildman–Crippen LogP) is 4.03. The monoisotopic (exact) mass is 279 g/mol. The number of methoxy groups -OCH3 is 1. The predicted molar refractivity (Wildman–Crippen MR) is 76.8 cm³/mol. The molecule has 0 spiro atoms. The molecule has 3 nitrogen and oxygen atoms in total. The number of hydrogen-bond acceptors (Lipinski definition) is 3. The maximum Gasteiger partial charge on any atom is 0.198 e. The molecule has 1 heterocycles. The van der Waals surface area contributed by atoms with Crippen molar-refractivity contribution in [3.63, 3.8) is 0 Å². The van der Waals surface area contributed by atoms with Gasteiger partial charge in [0.2, 0.25) is 0 Å². The Morgan fingerprint density at radius 2 is 2.21 bits per heavy atom. The quantitative estimate of drug-likeness (QED) is 0.867. The van der Waals surface area contributed by atoms with Gasteiger partial charge in [0, 0.05) is 5.56 Å². The molecular weight excluding hydrogens is 262 g/mol. The van der Waals surface area contributed by atoms with E-state index in [4.69, 9.17) is 20.8 Å². The van der Waals surface area contributed by atoms with Crippen molar-refractivity contribution < 1.29 is 9.15 Å². The smallest absolute Gasteiger partial charge is 0.198 e. The Hall–Kier alpha value is -1.45. The molecular formula is C15H18ClNO2. The van der Waals surface area contributed by atoms with Crippen LogP contribution in [0.15, 0.2) is 41.0 Å². The Bertz CT molecular complexity index is 524. The fourth-order valence-electron chi connectivity index (χ4n) is 2.03. The summed E-state index contributed by atoms with van der Waals surface area (Å²) in [6.45, 7) is 3.04. The minimum Gasteiger partial charge on any atom is -0.497 e. The first-order valence-corrected chi connectivity index (χ1v) is 6.74. The number of benzene rings is 1. The van der Waals surface area contributed by atoms with Gasteiger partial charge in [-0.3, -0.25) is 0 Å². The standard InChI is InChI=1S/C15H18ClNO2/c1-3-8-17-14(13-7-9-19-15(13)16)11-5-4-6-12(10-11)18-2/h4-7,9-10,14,17H,3,8H2,1-2H3. The molecule has 1 unspecified atom stereocenters. The van der Waals surface area contributed by atoms with Crippen molar-refractivity contribution in [1.29, 1.82) is 0 Å². The van der Waals surface area contributed by atoms with Crippen molar-refractivity contribution in [1.82, 2.24) is 5.32 Å². The van der Waals surface area contributed by atoms with Gasteiger partial charge in [-0.15, -0.1) is 0 Å². The molecule has 0 saturated heterocycles. The number of halogens is 1. The second kappa shape index (κ2) is 6.64. The van der Waals surface area contributed by atoms with Crippen LogP contribution in [0.5, 0.6) is 5.75 Å². The molecule has 0 aliphatic heterocycles. The molecule has 0 amide bonds. The van der Waals surface area contributed by atoms with Gasteiger partial charge in [0.25, 0.3) is 0 Å². The SMILES string of the molecule is CCCNC(c1cccc(OC)c1)c1ccoc1Cl. The van der Waals surface area contributed by atoms with E-state index in [1.54, 1.807) is 13.4 Å². The largest absolute Gasteiger partial charge is 0.497 e. The third-order valence-electron chi connectivity index (χ3n) is 2.98. The van der Waals surface area contributed by atoms with Crippen LogP contribution in [-0.2, 0) is 0 Å². The number of furan rings is 1. The minimum atomic E-state index is 0.0151. The van der Waals surface area contributed by atoms with E-state index in [0.717, 1.165) is 29.8 Å². The maximum absolute atomic E-state index is 6.10. The highest BCUT2D eigenvalue weighted by Gasteiger charge is 2.18. The summed E-state index contributed by atoms with van der Waals surface area (Å²) < 4.78 is 10.5. The Morgan fingerprint density at radius 3 is 2.84 bits per heavy atom. The van der Waals surface area contributed by atoms with Crippen LogP contribution in [0, 0.1) is 0 Å². The van der Waals surface area contributed by atoms with Gasteiger partial charge < -0.3 is 14.5 Å². The summed E-state index contributed by atoms with van der Waals surface area (Å²) in [7, 11) is 1.67. The van der Waals surface area contributed by atoms with Crippen molar-refractivity contribution in [2.24, 2.45) is 0 Å². The lowest BCUT2D eigenvalue weighted by Gasteiger charge is -2.18. The molecule has 2 rings (SSSR count). The Morgan fingerprint density at radius 1 is 1.37 bits per heavy atom. The third kappa shape index (κ3) is 3.31. The molecule has 1 atom stereocenters. The average Bonchev–Trinajstić information content (AvgIpc) is 2.86. The van der Waals surface area contributed by atoms with Crippen molar-refractivity contribution in [3.05, 3.63) is 52.9 Å². The number of hydrogen-bond donors (Lipinski definition) is 1. The van der Waals surface area contributed by atoms with Crippen LogP contribution in [0.1, 0.15) is 30.5 Å². The molecule has 0 saturated carbocycles. The van der Waals surface area contributed by atoms with Gasteiger partial charge in [0.15, 0.2) is 5.22 Å². The maximum atomic E-state index is 6.10. The van der Waals surface area contributed by atoms with Crippen molar-refractivity contribution in [3.8, 4) is 5.75 Å². The first kappa shape index (κ1) is 14.0. The second-order valence-corrected chi connectivity index (χ2v) is 4.66. The zero-order chi connectivity index (χ0) is 13.7. The fraction of sp³-hybridized carbons (Fsp3) is 0.333.